The lowest BCUT2D eigenvalue weighted by molar-refractivity contribution is -0.140. The zero-order chi connectivity index (χ0) is 33.5. The van der Waals surface area contributed by atoms with Gasteiger partial charge in [0.1, 0.15) is 12.6 Å². The summed E-state index contributed by atoms with van der Waals surface area (Å²) < 4.78 is 70.8. The number of anilines is 1. The number of nitrogens with one attached hydrogen (secondary N) is 1. The van der Waals surface area contributed by atoms with Gasteiger partial charge in [-0.15, -0.1) is 0 Å². The van der Waals surface area contributed by atoms with Gasteiger partial charge in [-0.05, 0) is 67.4 Å². The number of halogens is 4. The first kappa shape index (κ1) is 34.7. The largest absolute Gasteiger partial charge is 0.416 e. The maximum atomic E-state index is 14.4. The van der Waals surface area contributed by atoms with Crippen molar-refractivity contribution in [2.24, 2.45) is 0 Å². The Morgan fingerprint density at radius 3 is 2.13 bits per heavy atom. The Bertz CT molecular complexity index is 1750. The van der Waals surface area contributed by atoms with Gasteiger partial charge in [-0.1, -0.05) is 82.2 Å². The Labute approximate surface area is 275 Å². The van der Waals surface area contributed by atoms with Gasteiger partial charge in [0.15, 0.2) is 0 Å². The molecule has 0 bridgehead atoms. The minimum atomic E-state index is -4.76. The number of aryl methyl sites for hydroxylation is 1. The molecule has 4 aromatic rings. The lowest BCUT2D eigenvalue weighted by Gasteiger charge is -2.34. The van der Waals surface area contributed by atoms with Crippen LogP contribution >= 0.6 is 15.9 Å². The minimum absolute atomic E-state index is 0.0677. The first-order valence-corrected chi connectivity index (χ1v) is 16.6. The van der Waals surface area contributed by atoms with Crippen molar-refractivity contribution in [1.82, 2.24) is 10.2 Å². The summed E-state index contributed by atoms with van der Waals surface area (Å²) in [5, 5.41) is 2.77. The number of carbonyl (C=O) groups is 2. The highest BCUT2D eigenvalue weighted by Gasteiger charge is 2.36. The summed E-state index contributed by atoms with van der Waals surface area (Å²) in [6.07, 6.45) is -4.64. The maximum Gasteiger partial charge on any atom is 0.416 e. The summed E-state index contributed by atoms with van der Waals surface area (Å²) in [6.45, 7) is 2.85. The van der Waals surface area contributed by atoms with E-state index in [1.807, 2.05) is 18.2 Å². The van der Waals surface area contributed by atoms with Crippen molar-refractivity contribution in [2.45, 2.75) is 43.9 Å². The van der Waals surface area contributed by atoms with Crippen LogP contribution < -0.4 is 9.62 Å². The van der Waals surface area contributed by atoms with E-state index >= 15 is 0 Å². The predicted octanol–water partition coefficient (Wildman–Crippen LogP) is 6.75. The summed E-state index contributed by atoms with van der Waals surface area (Å²) >= 11 is 3.39. The number of hydrogen-bond donors (Lipinski definition) is 1. The monoisotopic (exact) mass is 715 g/mol. The van der Waals surface area contributed by atoms with Crippen LogP contribution in [0.2, 0.25) is 0 Å². The van der Waals surface area contributed by atoms with Crippen LogP contribution in [0, 0.1) is 6.92 Å². The fourth-order valence-corrected chi connectivity index (χ4v) is 6.51. The van der Waals surface area contributed by atoms with E-state index in [4.69, 9.17) is 0 Å². The molecule has 0 unspecified atom stereocenters. The van der Waals surface area contributed by atoms with Crippen molar-refractivity contribution < 1.29 is 31.2 Å². The molecule has 0 fully saturated rings. The first-order chi connectivity index (χ1) is 21.8. The molecule has 0 saturated carbocycles. The van der Waals surface area contributed by atoms with E-state index in [0.717, 1.165) is 27.7 Å². The smallest absolute Gasteiger partial charge is 0.355 e. The third-order valence-electron chi connectivity index (χ3n) is 7.24. The second-order valence-corrected chi connectivity index (χ2v) is 13.4. The first-order valence-electron chi connectivity index (χ1n) is 14.4. The molecule has 0 saturated heterocycles. The van der Waals surface area contributed by atoms with Crippen molar-refractivity contribution in [1.29, 1.82) is 0 Å². The van der Waals surface area contributed by atoms with E-state index in [2.05, 4.69) is 21.2 Å². The summed E-state index contributed by atoms with van der Waals surface area (Å²) in [6, 6.07) is 24.6. The number of sulfonamides is 1. The fraction of sp³-hybridized carbons (Fsp3) is 0.235. The quantitative estimate of drug-likeness (QED) is 0.176. The normalized spacial score (nSPS) is 12.3. The summed E-state index contributed by atoms with van der Waals surface area (Å²) in [5.41, 5.74) is 0.773. The van der Waals surface area contributed by atoms with Crippen LogP contribution in [0.3, 0.4) is 0 Å². The van der Waals surface area contributed by atoms with Crippen molar-refractivity contribution in [3.63, 3.8) is 0 Å². The van der Waals surface area contributed by atoms with Crippen molar-refractivity contribution in [2.75, 3.05) is 17.4 Å². The zero-order valence-electron chi connectivity index (χ0n) is 25.2. The molecule has 1 N–H and O–H groups in total. The van der Waals surface area contributed by atoms with Gasteiger partial charge in [0, 0.05) is 24.0 Å². The Balaban J connectivity index is 1.83. The molecule has 46 heavy (non-hydrogen) atoms. The van der Waals surface area contributed by atoms with Gasteiger partial charge in [-0.3, -0.25) is 13.9 Å². The van der Waals surface area contributed by atoms with Crippen LogP contribution in [0.5, 0.6) is 0 Å². The van der Waals surface area contributed by atoms with Crippen LogP contribution in [0.15, 0.2) is 112 Å². The molecule has 0 aliphatic rings. The molecule has 0 radical (unpaired) electrons. The van der Waals surface area contributed by atoms with Crippen molar-refractivity contribution >= 4 is 43.5 Å². The second kappa shape index (κ2) is 15.0. The minimum Gasteiger partial charge on any atom is -0.355 e. The maximum absolute atomic E-state index is 14.4. The van der Waals surface area contributed by atoms with Gasteiger partial charge >= 0.3 is 6.18 Å². The lowest BCUT2D eigenvalue weighted by Crippen LogP contribution is -2.53. The van der Waals surface area contributed by atoms with Crippen LogP contribution in [0.4, 0.5) is 18.9 Å². The van der Waals surface area contributed by atoms with Gasteiger partial charge in [-0.25, -0.2) is 8.42 Å². The topological polar surface area (TPSA) is 86.8 Å². The third kappa shape index (κ3) is 8.76. The van der Waals surface area contributed by atoms with E-state index < -0.39 is 46.2 Å². The Hall–Kier alpha value is -4.16. The number of likely N-dealkylation sites (N-methyl/N-ethyl adjacent to an activating group) is 1. The second-order valence-electron chi connectivity index (χ2n) is 10.6. The summed E-state index contributed by atoms with van der Waals surface area (Å²) in [5.74, 6) is -1.23. The van der Waals surface area contributed by atoms with E-state index in [1.165, 1.54) is 23.1 Å². The number of nitrogens with zero attached hydrogens (tertiary/aromatic N) is 2. The molecular weight excluding hydrogens is 683 g/mol. The molecule has 1 atom stereocenters. The average molecular weight is 717 g/mol. The predicted molar refractivity (Wildman–Crippen MR) is 174 cm³/mol. The molecule has 0 aromatic heterocycles. The molecule has 12 heteroatoms. The van der Waals surface area contributed by atoms with Gasteiger partial charge in [0.05, 0.1) is 16.1 Å². The van der Waals surface area contributed by atoms with E-state index in [9.17, 15) is 31.2 Å². The molecular formula is C34H33BrF3N3O4S. The highest BCUT2D eigenvalue weighted by molar-refractivity contribution is 9.10. The highest BCUT2D eigenvalue weighted by atomic mass is 79.9. The standard InChI is InChI=1S/C34H33BrF3N3O4S/c1-3-39-33(43)31(20-25-8-5-4-6-9-25)40(22-26-14-16-28(35)17-15-26)32(42)23-41(29-11-7-10-27(21-29)34(36,37)38)46(44,45)30-18-12-24(2)13-19-30/h4-19,21,31H,3,20,22-23H2,1-2H3,(H,39,43)/t31-/m1/s1. The number of hydrogen-bond acceptors (Lipinski definition) is 4. The molecule has 242 valence electrons. The zero-order valence-corrected chi connectivity index (χ0v) is 27.6. The summed E-state index contributed by atoms with van der Waals surface area (Å²) in [7, 11) is -4.54. The molecule has 0 spiro atoms. The molecule has 4 rings (SSSR count). The van der Waals surface area contributed by atoms with E-state index in [-0.39, 0.29) is 30.1 Å². The van der Waals surface area contributed by atoms with Crippen molar-refractivity contribution in [3.05, 3.63) is 130 Å². The Kier molecular flexibility index (Phi) is 11.3. The van der Waals surface area contributed by atoms with Gasteiger partial charge < -0.3 is 10.2 Å². The Morgan fingerprint density at radius 1 is 0.870 bits per heavy atom. The molecule has 4 aromatic carbocycles. The SMILES string of the molecule is CCNC(=O)[C@@H](Cc1ccccc1)N(Cc1ccc(Br)cc1)C(=O)CN(c1cccc(C(F)(F)F)c1)S(=O)(=O)c1ccc(C)cc1. The summed E-state index contributed by atoms with van der Waals surface area (Å²) in [4.78, 5) is 29.0. The molecule has 0 heterocycles. The number of alkyl halides is 3. The Morgan fingerprint density at radius 2 is 1.52 bits per heavy atom. The fourth-order valence-electron chi connectivity index (χ4n) is 4.84. The van der Waals surface area contributed by atoms with Crippen LogP contribution in [0.25, 0.3) is 0 Å². The van der Waals surface area contributed by atoms with Crippen LogP contribution in [0.1, 0.15) is 29.2 Å². The number of carbonyl (C=O) groups excluding carboxylic acids is 2. The van der Waals surface area contributed by atoms with Crippen molar-refractivity contribution in [3.8, 4) is 0 Å². The average Bonchev–Trinajstić information content (AvgIpc) is 3.02. The lowest BCUT2D eigenvalue weighted by atomic mass is 10.0. The number of benzene rings is 4. The number of rotatable bonds is 12. The molecule has 2 amide bonds. The van der Waals surface area contributed by atoms with E-state index in [0.29, 0.717) is 15.9 Å². The van der Waals surface area contributed by atoms with E-state index in [1.54, 1.807) is 62.4 Å². The molecule has 0 aliphatic heterocycles. The third-order valence-corrected chi connectivity index (χ3v) is 9.55. The van der Waals surface area contributed by atoms with Crippen LogP contribution in [-0.4, -0.2) is 44.3 Å². The van der Waals surface area contributed by atoms with Gasteiger partial charge in [0.25, 0.3) is 10.0 Å². The number of amides is 2. The van der Waals surface area contributed by atoms with Gasteiger partial charge in [0.2, 0.25) is 11.8 Å². The molecule has 7 nitrogen and oxygen atoms in total. The van der Waals surface area contributed by atoms with Crippen LogP contribution in [-0.2, 0) is 38.8 Å². The molecule has 0 aliphatic carbocycles. The van der Waals surface area contributed by atoms with Gasteiger partial charge in [-0.2, -0.15) is 13.2 Å². The highest BCUT2D eigenvalue weighted by Crippen LogP contribution is 2.33.